The van der Waals surface area contributed by atoms with Crippen LogP contribution in [0.5, 0.6) is 5.75 Å². The number of alkyl halides is 3. The van der Waals surface area contributed by atoms with Crippen LogP contribution in [0, 0.1) is 11.3 Å². The molecule has 0 aliphatic carbocycles. The minimum absolute atomic E-state index is 0.000821. The van der Waals surface area contributed by atoms with Crippen molar-refractivity contribution in [2.75, 3.05) is 0 Å². The molecule has 0 saturated heterocycles. The molecule has 1 aromatic carbocycles. The Balaban J connectivity index is 0.000000592. The van der Waals surface area contributed by atoms with Gasteiger partial charge in [-0.05, 0) is 42.8 Å². The Hall–Kier alpha value is -3.83. The summed E-state index contributed by atoms with van der Waals surface area (Å²) >= 11 is 0. The molecule has 2 rings (SSSR count). The van der Waals surface area contributed by atoms with E-state index in [9.17, 15) is 22.8 Å². The van der Waals surface area contributed by atoms with Crippen molar-refractivity contribution in [3.8, 4) is 5.75 Å². The third-order valence-corrected chi connectivity index (χ3v) is 3.77. The highest BCUT2D eigenvalue weighted by atomic mass is 19.4. The van der Waals surface area contributed by atoms with Crippen LogP contribution in [0.25, 0.3) is 0 Å². The van der Waals surface area contributed by atoms with Crippen molar-refractivity contribution in [2.45, 2.75) is 25.9 Å². The number of halogens is 3. The highest BCUT2D eigenvalue weighted by Crippen LogP contribution is 2.18. The Labute approximate surface area is 173 Å². The summed E-state index contributed by atoms with van der Waals surface area (Å²) < 4.78 is 42.3. The molecule has 1 atom stereocenters. The number of esters is 1. The number of nitrogens with two attached hydrogens (primary N) is 1. The molecule has 1 aromatic heterocycles. The first-order valence-corrected chi connectivity index (χ1v) is 8.63. The summed E-state index contributed by atoms with van der Waals surface area (Å²) in [5.41, 5.74) is 5.87. The number of hydrogen-bond acceptors (Lipinski definition) is 6. The minimum Gasteiger partial charge on any atom is -0.481 e. The molecule has 168 valence electrons. The molecule has 9 nitrogen and oxygen atoms in total. The van der Waals surface area contributed by atoms with Crippen LogP contribution in [-0.2, 0) is 16.0 Å². The number of amidine groups is 1. The maximum absolute atomic E-state index is 12.0. The fraction of sp³-hybridized carbons (Fsp3) is 0.263. The predicted molar refractivity (Wildman–Crippen MR) is 99.9 cm³/mol. The van der Waals surface area contributed by atoms with E-state index in [0.29, 0.717) is 23.5 Å². The quantitative estimate of drug-likeness (QED) is 0.219. The van der Waals surface area contributed by atoms with E-state index in [0.717, 1.165) is 0 Å². The van der Waals surface area contributed by atoms with Gasteiger partial charge in [0.05, 0.1) is 5.92 Å². The number of hydrogen-bond donors (Lipinski definition) is 4. The van der Waals surface area contributed by atoms with Crippen molar-refractivity contribution >= 4 is 23.7 Å². The van der Waals surface area contributed by atoms with E-state index in [1.54, 1.807) is 25.1 Å². The van der Waals surface area contributed by atoms with Gasteiger partial charge < -0.3 is 25.1 Å². The summed E-state index contributed by atoms with van der Waals surface area (Å²) in [6.45, 7) is 1.78. The lowest BCUT2D eigenvalue weighted by Crippen LogP contribution is -2.21. The fourth-order valence-electron chi connectivity index (χ4n) is 2.11. The molecule has 2 aromatic rings. The SMILES string of the molecule is CCC(Cc1ccc(C(=O)Oc2ccc(C(=N)N)cc2)o1)C(=O)O.O=C(O)C(F)(F)F. The third kappa shape index (κ3) is 8.20. The Morgan fingerprint density at radius 2 is 1.68 bits per heavy atom. The highest BCUT2D eigenvalue weighted by Gasteiger charge is 2.38. The number of nitrogens with one attached hydrogen (secondary N) is 1. The van der Waals surface area contributed by atoms with Crippen molar-refractivity contribution in [3.05, 3.63) is 53.5 Å². The molecule has 0 aliphatic heterocycles. The van der Waals surface area contributed by atoms with Gasteiger partial charge in [0.25, 0.3) is 0 Å². The van der Waals surface area contributed by atoms with Crippen molar-refractivity contribution in [1.82, 2.24) is 0 Å². The van der Waals surface area contributed by atoms with Crippen LogP contribution in [0.15, 0.2) is 40.8 Å². The second-order valence-electron chi connectivity index (χ2n) is 6.04. The fourth-order valence-corrected chi connectivity index (χ4v) is 2.11. The first-order valence-electron chi connectivity index (χ1n) is 8.63. The first kappa shape index (κ1) is 25.2. The summed E-state index contributed by atoms with van der Waals surface area (Å²) in [5.74, 6) is -4.26. The van der Waals surface area contributed by atoms with Gasteiger partial charge in [0.2, 0.25) is 5.76 Å². The molecule has 0 aliphatic rings. The van der Waals surface area contributed by atoms with E-state index in [1.807, 2.05) is 0 Å². The zero-order valence-electron chi connectivity index (χ0n) is 16.1. The zero-order valence-corrected chi connectivity index (χ0v) is 16.1. The van der Waals surface area contributed by atoms with Crippen LogP contribution in [0.4, 0.5) is 13.2 Å². The lowest BCUT2D eigenvalue weighted by Gasteiger charge is -2.06. The second kappa shape index (κ2) is 10.8. The Bertz CT molecular complexity index is 937. The lowest BCUT2D eigenvalue weighted by atomic mass is 10.0. The lowest BCUT2D eigenvalue weighted by molar-refractivity contribution is -0.192. The molecular formula is C19H19F3N2O7. The number of ether oxygens (including phenoxy) is 1. The van der Waals surface area contributed by atoms with Crippen LogP contribution in [-0.4, -0.2) is 40.1 Å². The number of benzene rings is 1. The van der Waals surface area contributed by atoms with Crippen LogP contribution in [0.3, 0.4) is 0 Å². The summed E-state index contributed by atoms with van der Waals surface area (Å²) in [6, 6.07) is 9.21. The molecule has 0 spiro atoms. The smallest absolute Gasteiger partial charge is 0.481 e. The van der Waals surface area contributed by atoms with E-state index >= 15 is 0 Å². The van der Waals surface area contributed by atoms with Crippen LogP contribution in [0.2, 0.25) is 0 Å². The number of furan rings is 1. The van der Waals surface area contributed by atoms with E-state index in [-0.39, 0.29) is 18.0 Å². The number of nitrogen functional groups attached to an aromatic ring is 1. The van der Waals surface area contributed by atoms with Gasteiger partial charge in [0.15, 0.2) is 0 Å². The number of carboxylic acids is 2. The molecule has 0 radical (unpaired) electrons. The van der Waals surface area contributed by atoms with E-state index in [2.05, 4.69) is 0 Å². The highest BCUT2D eigenvalue weighted by molar-refractivity contribution is 5.95. The number of rotatable bonds is 7. The van der Waals surface area contributed by atoms with E-state index in [4.69, 9.17) is 35.3 Å². The Morgan fingerprint density at radius 3 is 2.10 bits per heavy atom. The molecule has 1 heterocycles. The molecular weight excluding hydrogens is 425 g/mol. The monoisotopic (exact) mass is 444 g/mol. The van der Waals surface area contributed by atoms with Gasteiger partial charge in [-0.15, -0.1) is 0 Å². The van der Waals surface area contributed by atoms with E-state index in [1.165, 1.54) is 18.2 Å². The van der Waals surface area contributed by atoms with Crippen LogP contribution < -0.4 is 10.5 Å². The zero-order chi connectivity index (χ0) is 23.8. The van der Waals surface area contributed by atoms with Crippen LogP contribution in [0.1, 0.15) is 35.2 Å². The second-order valence-corrected chi connectivity index (χ2v) is 6.04. The largest absolute Gasteiger partial charge is 0.490 e. The third-order valence-electron chi connectivity index (χ3n) is 3.77. The summed E-state index contributed by atoms with van der Waals surface area (Å²) in [4.78, 5) is 32.0. The van der Waals surface area contributed by atoms with Gasteiger partial charge in [0, 0.05) is 12.0 Å². The van der Waals surface area contributed by atoms with Gasteiger partial charge >= 0.3 is 24.1 Å². The topological polar surface area (TPSA) is 164 Å². The number of carboxylic acid groups (broad SMARTS) is 2. The summed E-state index contributed by atoms with van der Waals surface area (Å²) in [7, 11) is 0. The van der Waals surface area contributed by atoms with Gasteiger partial charge in [-0.3, -0.25) is 10.2 Å². The van der Waals surface area contributed by atoms with Gasteiger partial charge in [0.1, 0.15) is 17.3 Å². The van der Waals surface area contributed by atoms with E-state index < -0.39 is 30.0 Å². The van der Waals surface area contributed by atoms with Crippen LogP contribution >= 0.6 is 0 Å². The van der Waals surface area contributed by atoms with Crippen molar-refractivity contribution in [1.29, 1.82) is 5.41 Å². The van der Waals surface area contributed by atoms with Gasteiger partial charge in [-0.25, -0.2) is 9.59 Å². The molecule has 0 saturated carbocycles. The standard InChI is InChI=1S/C17H18N2O5.C2HF3O2/c1-2-10(16(20)21)9-13-7-8-14(23-13)17(22)24-12-5-3-11(4-6-12)15(18)19;3-2(4,5)1(6)7/h3-8,10H,2,9H2,1H3,(H3,18,19)(H,20,21);(H,6,7). The first-order chi connectivity index (χ1) is 14.3. The Kier molecular flexibility index (Phi) is 8.79. The van der Waals surface area contributed by atoms with Gasteiger partial charge in [-0.1, -0.05) is 6.92 Å². The average Bonchev–Trinajstić information content (AvgIpc) is 3.15. The van der Waals surface area contributed by atoms with Gasteiger partial charge in [-0.2, -0.15) is 13.2 Å². The summed E-state index contributed by atoms with van der Waals surface area (Å²) in [5, 5.41) is 23.5. The number of aliphatic carboxylic acids is 2. The average molecular weight is 444 g/mol. The molecule has 31 heavy (non-hydrogen) atoms. The van der Waals surface area contributed by atoms with Crippen molar-refractivity contribution < 1.29 is 46.9 Å². The maximum Gasteiger partial charge on any atom is 0.490 e. The summed E-state index contributed by atoms with van der Waals surface area (Å²) in [6.07, 6.45) is -4.40. The minimum atomic E-state index is -5.08. The maximum atomic E-state index is 12.0. The molecule has 12 heteroatoms. The van der Waals surface area contributed by atoms with Crippen molar-refractivity contribution in [3.63, 3.8) is 0 Å². The number of carbonyl (C=O) groups excluding carboxylic acids is 1. The molecule has 0 amide bonds. The predicted octanol–water partition coefficient (Wildman–Crippen LogP) is 3.07. The Morgan fingerprint density at radius 1 is 1.13 bits per heavy atom. The molecule has 0 fully saturated rings. The van der Waals surface area contributed by atoms with Crippen molar-refractivity contribution in [2.24, 2.45) is 11.7 Å². The molecule has 5 N–H and O–H groups in total. The molecule has 1 unspecified atom stereocenters. The number of carbonyl (C=O) groups is 3. The molecule has 0 bridgehead atoms. The normalized spacial score (nSPS) is 11.6.